The highest BCUT2D eigenvalue weighted by Gasteiger charge is 2.26. The molecule has 1 amide bonds. The lowest BCUT2D eigenvalue weighted by Crippen LogP contribution is -2.41. The molecule has 0 saturated heterocycles. The Labute approximate surface area is 111 Å². The number of carboxylic acids is 1. The summed E-state index contributed by atoms with van der Waals surface area (Å²) in [6.07, 6.45) is 1.13. The minimum Gasteiger partial charge on any atom is -0.478 e. The summed E-state index contributed by atoms with van der Waals surface area (Å²) >= 11 is 0. The van der Waals surface area contributed by atoms with Crippen LogP contribution in [0.2, 0.25) is 0 Å². The van der Waals surface area contributed by atoms with E-state index in [-0.39, 0.29) is 11.5 Å². The number of methoxy groups -OCH3 is 1. The number of hydrogen-bond donors (Lipinski definition) is 1. The van der Waals surface area contributed by atoms with Gasteiger partial charge < -0.3 is 14.7 Å². The molecule has 0 saturated carbocycles. The molecule has 0 bridgehead atoms. The zero-order chi connectivity index (χ0) is 14.0. The first-order chi connectivity index (χ1) is 9.04. The van der Waals surface area contributed by atoms with Gasteiger partial charge in [-0.3, -0.25) is 4.79 Å². The molecule has 0 spiro atoms. The standard InChI is InChI=1S/C14H17NO4/c1-9(19-2)13(16)15-7-3-4-10-8-11(14(17)18)5-6-12(10)15/h5-6,8-9H,3-4,7H2,1-2H3,(H,17,18). The van der Waals surface area contributed by atoms with Crippen LogP contribution in [-0.2, 0) is 16.0 Å². The van der Waals surface area contributed by atoms with Crippen LogP contribution in [0.3, 0.4) is 0 Å². The Balaban J connectivity index is 2.34. The van der Waals surface area contributed by atoms with E-state index in [1.54, 1.807) is 24.0 Å². The van der Waals surface area contributed by atoms with E-state index in [1.165, 1.54) is 13.2 Å². The largest absolute Gasteiger partial charge is 0.478 e. The lowest BCUT2D eigenvalue weighted by atomic mass is 9.98. The van der Waals surface area contributed by atoms with Gasteiger partial charge in [-0.25, -0.2) is 4.79 Å². The fourth-order valence-corrected chi connectivity index (χ4v) is 2.28. The quantitative estimate of drug-likeness (QED) is 0.901. The third kappa shape index (κ3) is 2.61. The van der Waals surface area contributed by atoms with Crippen LogP contribution < -0.4 is 4.90 Å². The van der Waals surface area contributed by atoms with Crippen LogP contribution in [0.4, 0.5) is 5.69 Å². The minimum atomic E-state index is -0.948. The van der Waals surface area contributed by atoms with Crippen molar-refractivity contribution in [1.29, 1.82) is 0 Å². The second-order valence-electron chi connectivity index (χ2n) is 4.62. The Hall–Kier alpha value is -1.88. The molecule has 1 aliphatic rings. The number of nitrogens with zero attached hydrogens (tertiary/aromatic N) is 1. The van der Waals surface area contributed by atoms with Crippen molar-refractivity contribution in [2.24, 2.45) is 0 Å². The first-order valence-corrected chi connectivity index (χ1v) is 6.25. The van der Waals surface area contributed by atoms with Crippen LogP contribution >= 0.6 is 0 Å². The van der Waals surface area contributed by atoms with Crippen LogP contribution in [0.1, 0.15) is 29.3 Å². The van der Waals surface area contributed by atoms with Gasteiger partial charge in [-0.2, -0.15) is 0 Å². The number of aryl methyl sites for hydroxylation is 1. The van der Waals surface area contributed by atoms with Crippen molar-refractivity contribution in [2.45, 2.75) is 25.9 Å². The summed E-state index contributed by atoms with van der Waals surface area (Å²) in [6.45, 7) is 2.36. The molecule has 5 heteroatoms. The summed E-state index contributed by atoms with van der Waals surface area (Å²) in [5.74, 6) is -1.04. The normalized spacial score (nSPS) is 15.8. The van der Waals surface area contributed by atoms with Gasteiger partial charge in [0.1, 0.15) is 6.10 Å². The van der Waals surface area contributed by atoms with E-state index >= 15 is 0 Å². The van der Waals surface area contributed by atoms with Gasteiger partial charge in [0.15, 0.2) is 0 Å². The molecule has 1 N–H and O–H groups in total. The number of carbonyl (C=O) groups excluding carboxylic acids is 1. The van der Waals surface area contributed by atoms with Gasteiger partial charge in [-0.05, 0) is 43.5 Å². The molecule has 5 nitrogen and oxygen atoms in total. The van der Waals surface area contributed by atoms with Gasteiger partial charge in [-0.15, -0.1) is 0 Å². The van der Waals surface area contributed by atoms with Crippen molar-refractivity contribution in [1.82, 2.24) is 0 Å². The molecule has 0 aromatic heterocycles. The molecule has 1 heterocycles. The maximum absolute atomic E-state index is 12.2. The first-order valence-electron chi connectivity index (χ1n) is 6.25. The second kappa shape index (κ2) is 5.40. The summed E-state index contributed by atoms with van der Waals surface area (Å²) in [5.41, 5.74) is 1.96. The Bertz CT molecular complexity index is 512. The van der Waals surface area contributed by atoms with E-state index in [9.17, 15) is 9.59 Å². The zero-order valence-corrected chi connectivity index (χ0v) is 11.0. The summed E-state index contributed by atoms with van der Waals surface area (Å²) in [7, 11) is 1.50. The highest BCUT2D eigenvalue weighted by Crippen LogP contribution is 2.28. The number of carboxylic acid groups (broad SMARTS) is 1. The van der Waals surface area contributed by atoms with Gasteiger partial charge in [-0.1, -0.05) is 0 Å². The van der Waals surface area contributed by atoms with Crippen molar-refractivity contribution in [3.8, 4) is 0 Å². The number of amides is 1. The molecular formula is C14H17NO4. The van der Waals surface area contributed by atoms with Gasteiger partial charge in [0.2, 0.25) is 0 Å². The summed E-state index contributed by atoms with van der Waals surface area (Å²) < 4.78 is 5.06. The first kappa shape index (κ1) is 13.5. The van der Waals surface area contributed by atoms with Crippen LogP contribution in [-0.4, -0.2) is 36.7 Å². The molecule has 0 radical (unpaired) electrons. The van der Waals surface area contributed by atoms with Gasteiger partial charge >= 0.3 is 5.97 Å². The highest BCUT2D eigenvalue weighted by molar-refractivity contribution is 5.98. The van der Waals surface area contributed by atoms with Gasteiger partial charge in [0, 0.05) is 19.3 Å². The fourth-order valence-electron chi connectivity index (χ4n) is 2.28. The van der Waals surface area contributed by atoms with Gasteiger partial charge in [0.25, 0.3) is 5.91 Å². The third-order valence-electron chi connectivity index (χ3n) is 3.41. The Kier molecular flexibility index (Phi) is 3.85. The molecule has 102 valence electrons. The maximum atomic E-state index is 12.2. The molecule has 1 aromatic rings. The van der Waals surface area contributed by atoms with Crippen LogP contribution in [0.5, 0.6) is 0 Å². The third-order valence-corrected chi connectivity index (χ3v) is 3.41. The number of hydrogen-bond acceptors (Lipinski definition) is 3. The molecule has 1 aromatic carbocycles. The number of aromatic carboxylic acids is 1. The summed E-state index contributed by atoms with van der Waals surface area (Å²) in [6, 6.07) is 4.89. The monoisotopic (exact) mass is 263 g/mol. The summed E-state index contributed by atoms with van der Waals surface area (Å²) in [4.78, 5) is 24.8. The van der Waals surface area contributed by atoms with Crippen LogP contribution in [0.15, 0.2) is 18.2 Å². The number of ether oxygens (including phenoxy) is 1. The number of anilines is 1. The van der Waals surface area contributed by atoms with Crippen molar-refractivity contribution in [3.05, 3.63) is 29.3 Å². The fraction of sp³-hybridized carbons (Fsp3) is 0.429. The number of rotatable bonds is 3. The average Bonchev–Trinajstić information content (AvgIpc) is 2.44. The second-order valence-corrected chi connectivity index (χ2v) is 4.62. The SMILES string of the molecule is COC(C)C(=O)N1CCCc2cc(C(=O)O)ccc21. The van der Waals surface area contributed by atoms with Gasteiger partial charge in [0.05, 0.1) is 5.56 Å². The van der Waals surface area contributed by atoms with Crippen molar-refractivity contribution < 1.29 is 19.4 Å². The topological polar surface area (TPSA) is 66.8 Å². The van der Waals surface area contributed by atoms with E-state index in [0.717, 1.165) is 24.1 Å². The highest BCUT2D eigenvalue weighted by atomic mass is 16.5. The maximum Gasteiger partial charge on any atom is 0.335 e. The van der Waals surface area contributed by atoms with Crippen LogP contribution in [0, 0.1) is 0 Å². The van der Waals surface area contributed by atoms with Crippen molar-refractivity contribution in [2.75, 3.05) is 18.6 Å². The van der Waals surface area contributed by atoms with E-state index < -0.39 is 12.1 Å². The Morgan fingerprint density at radius 3 is 2.79 bits per heavy atom. The lowest BCUT2D eigenvalue weighted by molar-refractivity contribution is -0.127. The molecule has 1 aliphatic heterocycles. The molecular weight excluding hydrogens is 246 g/mol. The zero-order valence-electron chi connectivity index (χ0n) is 11.0. The smallest absolute Gasteiger partial charge is 0.335 e. The van der Waals surface area contributed by atoms with Crippen LogP contribution in [0.25, 0.3) is 0 Å². The average molecular weight is 263 g/mol. The Morgan fingerprint density at radius 2 is 2.16 bits per heavy atom. The molecule has 1 unspecified atom stereocenters. The van der Waals surface area contributed by atoms with Crippen molar-refractivity contribution in [3.63, 3.8) is 0 Å². The molecule has 2 rings (SSSR count). The van der Waals surface area contributed by atoms with E-state index in [0.29, 0.717) is 6.54 Å². The predicted octanol–water partition coefficient (Wildman–Crippen LogP) is 1.70. The minimum absolute atomic E-state index is 0.0912. The van der Waals surface area contributed by atoms with E-state index in [4.69, 9.17) is 9.84 Å². The van der Waals surface area contributed by atoms with E-state index in [1.807, 2.05) is 0 Å². The predicted molar refractivity (Wildman–Crippen MR) is 70.5 cm³/mol. The van der Waals surface area contributed by atoms with Crippen molar-refractivity contribution >= 4 is 17.6 Å². The number of fused-ring (bicyclic) bond motifs is 1. The molecule has 1 atom stereocenters. The molecule has 0 aliphatic carbocycles. The Morgan fingerprint density at radius 1 is 1.42 bits per heavy atom. The lowest BCUT2D eigenvalue weighted by Gasteiger charge is -2.31. The molecule has 0 fully saturated rings. The summed E-state index contributed by atoms with van der Waals surface area (Å²) in [5, 5.41) is 8.99. The molecule has 19 heavy (non-hydrogen) atoms. The number of carbonyl (C=O) groups is 2. The van der Waals surface area contributed by atoms with E-state index in [2.05, 4.69) is 0 Å². The number of benzene rings is 1.